The highest BCUT2D eigenvalue weighted by Crippen LogP contribution is 2.04. The summed E-state index contributed by atoms with van der Waals surface area (Å²) in [5.74, 6) is 4.59. The van der Waals surface area contributed by atoms with Crippen LogP contribution in [0.25, 0.3) is 0 Å². The number of ether oxygens (including phenoxy) is 1. The van der Waals surface area contributed by atoms with Crippen molar-refractivity contribution >= 4 is 5.97 Å². The van der Waals surface area contributed by atoms with Crippen LogP contribution in [-0.2, 0) is 9.53 Å². The van der Waals surface area contributed by atoms with Crippen molar-refractivity contribution in [2.24, 2.45) is 0 Å². The number of unbranched alkanes of at least 4 members (excludes halogenated alkanes) is 1. The molecule has 0 saturated carbocycles. The summed E-state index contributed by atoms with van der Waals surface area (Å²) in [6, 6.07) is 0. The van der Waals surface area contributed by atoms with E-state index < -0.39 is 5.97 Å². The predicted molar refractivity (Wildman–Crippen MR) is 53.0 cm³/mol. The molecule has 0 aliphatic rings. The second-order valence-electron chi connectivity index (χ2n) is 2.51. The van der Waals surface area contributed by atoms with Gasteiger partial charge < -0.3 is 4.74 Å². The van der Waals surface area contributed by atoms with E-state index in [1.54, 1.807) is 6.08 Å². The van der Waals surface area contributed by atoms with Gasteiger partial charge in [0.1, 0.15) is 0 Å². The Morgan fingerprint density at radius 3 is 2.85 bits per heavy atom. The van der Waals surface area contributed by atoms with E-state index in [0.29, 0.717) is 6.42 Å². The van der Waals surface area contributed by atoms with Crippen LogP contribution in [0.5, 0.6) is 0 Å². The average Bonchev–Trinajstić information content (AvgIpc) is 2.16. The van der Waals surface area contributed by atoms with Crippen molar-refractivity contribution in [3.8, 4) is 11.8 Å². The minimum absolute atomic E-state index is 0.484. The number of hydrogen-bond donors (Lipinski definition) is 0. The zero-order chi connectivity index (χ0) is 10.1. The molecule has 0 atom stereocenters. The van der Waals surface area contributed by atoms with Crippen molar-refractivity contribution in [1.29, 1.82) is 0 Å². The molecule has 0 saturated heterocycles. The fraction of sp³-hybridized carbons (Fsp3) is 0.364. The molecule has 0 aromatic carbocycles. The van der Waals surface area contributed by atoms with Gasteiger partial charge in [-0.2, -0.15) is 0 Å². The number of carbonyl (C=O) groups is 1. The third kappa shape index (κ3) is 6.89. The second-order valence-corrected chi connectivity index (χ2v) is 2.51. The van der Waals surface area contributed by atoms with E-state index in [2.05, 4.69) is 29.7 Å². The lowest BCUT2D eigenvalue weighted by molar-refractivity contribution is -0.133. The average molecular weight is 178 g/mol. The zero-order valence-corrected chi connectivity index (χ0v) is 7.93. The molecule has 0 aromatic heterocycles. The summed E-state index contributed by atoms with van der Waals surface area (Å²) in [5, 5.41) is 0. The third-order valence-electron chi connectivity index (χ3n) is 1.46. The van der Waals surface area contributed by atoms with Gasteiger partial charge in [0, 0.05) is 12.3 Å². The van der Waals surface area contributed by atoms with Gasteiger partial charge in [-0.25, -0.2) is 4.79 Å². The number of rotatable bonds is 4. The molecule has 0 heterocycles. The Kier molecular flexibility index (Phi) is 6.35. The molecule has 70 valence electrons. The molecule has 0 aliphatic carbocycles. The van der Waals surface area contributed by atoms with Gasteiger partial charge in [-0.3, -0.25) is 0 Å². The molecule has 0 N–H and O–H groups in total. The minimum Gasteiger partial charge on any atom is -0.459 e. The summed E-state index contributed by atoms with van der Waals surface area (Å²) in [6.45, 7) is 7.36. The lowest BCUT2D eigenvalue weighted by Crippen LogP contribution is -1.94. The monoisotopic (exact) mass is 178 g/mol. The molecule has 0 bridgehead atoms. The number of hydrogen-bond acceptors (Lipinski definition) is 2. The number of carbonyl (C=O) groups excluding carboxylic acids is 1. The molecule has 0 amide bonds. The Hall–Kier alpha value is -1.49. The van der Waals surface area contributed by atoms with Gasteiger partial charge in [0.25, 0.3) is 0 Å². The van der Waals surface area contributed by atoms with E-state index in [0.717, 1.165) is 18.4 Å². The van der Waals surface area contributed by atoms with E-state index in [9.17, 15) is 4.79 Å². The first-order chi connectivity index (χ1) is 6.20. The molecule has 2 heteroatoms. The number of allylic oxidation sites excluding steroid dienone is 2. The van der Waals surface area contributed by atoms with Gasteiger partial charge in [0.15, 0.2) is 0 Å². The molecular weight excluding hydrogens is 164 g/mol. The Bertz CT molecular complexity index is 253. The van der Waals surface area contributed by atoms with Crippen molar-refractivity contribution < 1.29 is 9.53 Å². The van der Waals surface area contributed by atoms with Crippen molar-refractivity contribution in [2.45, 2.75) is 19.3 Å². The SMILES string of the molecule is C=CC(=C)CCCC#CC(=O)OC. The van der Waals surface area contributed by atoms with Crippen LogP contribution in [0.1, 0.15) is 19.3 Å². The maximum atomic E-state index is 10.5. The van der Waals surface area contributed by atoms with Crippen LogP contribution in [0.2, 0.25) is 0 Å². The molecule has 0 aliphatic heterocycles. The highest BCUT2D eigenvalue weighted by molar-refractivity contribution is 5.88. The minimum atomic E-state index is -0.484. The van der Waals surface area contributed by atoms with E-state index in [1.165, 1.54) is 7.11 Å². The third-order valence-corrected chi connectivity index (χ3v) is 1.46. The van der Waals surface area contributed by atoms with Crippen molar-refractivity contribution in [2.75, 3.05) is 7.11 Å². The van der Waals surface area contributed by atoms with Gasteiger partial charge in [-0.05, 0) is 12.8 Å². The lowest BCUT2D eigenvalue weighted by atomic mass is 10.1. The largest absolute Gasteiger partial charge is 0.459 e. The summed E-state index contributed by atoms with van der Waals surface area (Å²) < 4.78 is 4.35. The van der Waals surface area contributed by atoms with Crippen molar-refractivity contribution in [3.63, 3.8) is 0 Å². The molecule has 0 spiro atoms. The first-order valence-electron chi connectivity index (χ1n) is 4.07. The molecule has 0 aromatic rings. The van der Waals surface area contributed by atoms with Gasteiger partial charge in [0.05, 0.1) is 7.11 Å². The van der Waals surface area contributed by atoms with E-state index >= 15 is 0 Å². The summed E-state index contributed by atoms with van der Waals surface area (Å²) in [4.78, 5) is 10.5. The van der Waals surface area contributed by atoms with Crippen LogP contribution in [0, 0.1) is 11.8 Å². The molecule has 0 radical (unpaired) electrons. The predicted octanol–water partition coefficient (Wildman–Crippen LogP) is 2.08. The van der Waals surface area contributed by atoms with Crippen LogP contribution < -0.4 is 0 Å². The quantitative estimate of drug-likeness (QED) is 0.216. The van der Waals surface area contributed by atoms with Gasteiger partial charge in [-0.1, -0.05) is 30.7 Å². The lowest BCUT2D eigenvalue weighted by Gasteiger charge is -1.94. The Balaban J connectivity index is 3.54. The second kappa shape index (κ2) is 7.17. The van der Waals surface area contributed by atoms with Crippen molar-refractivity contribution in [3.05, 3.63) is 24.8 Å². The smallest absolute Gasteiger partial charge is 0.384 e. The first kappa shape index (κ1) is 11.5. The number of esters is 1. The Morgan fingerprint density at radius 2 is 2.31 bits per heavy atom. The fourth-order valence-corrected chi connectivity index (χ4v) is 0.692. The van der Waals surface area contributed by atoms with Gasteiger partial charge in [0.2, 0.25) is 0 Å². The highest BCUT2D eigenvalue weighted by Gasteiger charge is 1.89. The maximum Gasteiger partial charge on any atom is 0.384 e. The topological polar surface area (TPSA) is 26.3 Å². The molecule has 0 fully saturated rings. The first-order valence-corrected chi connectivity index (χ1v) is 4.07. The number of methoxy groups -OCH3 is 1. The normalized spacial score (nSPS) is 8.08. The Morgan fingerprint density at radius 1 is 1.62 bits per heavy atom. The molecule has 0 unspecified atom stereocenters. The summed E-state index contributed by atoms with van der Waals surface area (Å²) >= 11 is 0. The fourth-order valence-electron chi connectivity index (χ4n) is 0.692. The molecule has 0 rings (SSSR count). The van der Waals surface area contributed by atoms with Gasteiger partial charge in [-0.15, -0.1) is 0 Å². The standard InChI is InChI=1S/C11H14O2/c1-4-10(2)8-6-5-7-9-11(12)13-3/h4H,1-2,5-6,8H2,3H3. The zero-order valence-electron chi connectivity index (χ0n) is 7.93. The van der Waals surface area contributed by atoms with E-state index in [1.807, 2.05) is 0 Å². The maximum absolute atomic E-state index is 10.5. The van der Waals surface area contributed by atoms with Gasteiger partial charge >= 0.3 is 5.97 Å². The van der Waals surface area contributed by atoms with E-state index in [4.69, 9.17) is 0 Å². The molecule has 13 heavy (non-hydrogen) atoms. The summed E-state index contributed by atoms with van der Waals surface area (Å²) in [7, 11) is 1.32. The van der Waals surface area contributed by atoms with Crippen LogP contribution in [0.3, 0.4) is 0 Å². The van der Waals surface area contributed by atoms with Crippen LogP contribution in [-0.4, -0.2) is 13.1 Å². The summed E-state index contributed by atoms with van der Waals surface area (Å²) in [6.07, 6.45) is 4.18. The van der Waals surface area contributed by atoms with Crippen molar-refractivity contribution in [1.82, 2.24) is 0 Å². The van der Waals surface area contributed by atoms with Crippen LogP contribution in [0.4, 0.5) is 0 Å². The highest BCUT2D eigenvalue weighted by atomic mass is 16.5. The summed E-state index contributed by atoms with van der Waals surface area (Å²) in [5.41, 5.74) is 1.000. The molecule has 2 nitrogen and oxygen atoms in total. The van der Waals surface area contributed by atoms with Crippen LogP contribution in [0.15, 0.2) is 24.8 Å². The Labute approximate surface area is 79.3 Å². The van der Waals surface area contributed by atoms with E-state index in [-0.39, 0.29) is 0 Å². The molecular formula is C11H14O2. The van der Waals surface area contributed by atoms with Crippen LogP contribution >= 0.6 is 0 Å².